The van der Waals surface area contributed by atoms with Crippen LogP contribution in [-0.2, 0) is 4.74 Å². The molecule has 1 aliphatic rings. The molecular formula is C17H17FN4O2. The lowest BCUT2D eigenvalue weighted by Crippen LogP contribution is -2.37. The summed E-state index contributed by atoms with van der Waals surface area (Å²) in [7, 11) is 0. The van der Waals surface area contributed by atoms with Crippen LogP contribution in [0.5, 0.6) is 0 Å². The Hall–Kier alpha value is -2.67. The summed E-state index contributed by atoms with van der Waals surface area (Å²) >= 11 is 0. The molecule has 0 atom stereocenters. The third-order valence-electron chi connectivity index (χ3n) is 3.60. The molecule has 6 nitrogen and oxygen atoms in total. The molecule has 1 fully saturated rings. The summed E-state index contributed by atoms with van der Waals surface area (Å²) in [6.07, 6.45) is 5.55. The number of aromatic nitrogens is 3. The zero-order valence-corrected chi connectivity index (χ0v) is 13.3. The van der Waals surface area contributed by atoms with E-state index < -0.39 is 5.82 Å². The van der Waals surface area contributed by atoms with Gasteiger partial charge in [-0.3, -0.25) is 9.78 Å². The van der Waals surface area contributed by atoms with E-state index in [0.29, 0.717) is 32.0 Å². The maximum absolute atomic E-state index is 13.9. The highest BCUT2D eigenvalue weighted by Crippen LogP contribution is 2.17. The second kappa shape index (κ2) is 7.27. The van der Waals surface area contributed by atoms with Gasteiger partial charge in [-0.25, -0.2) is 14.4 Å². The first kappa shape index (κ1) is 16.2. The quantitative estimate of drug-likeness (QED) is 0.632. The molecule has 0 saturated carbocycles. The van der Waals surface area contributed by atoms with E-state index in [1.165, 1.54) is 12.2 Å². The van der Waals surface area contributed by atoms with Crippen LogP contribution in [-0.4, -0.2) is 47.0 Å². The molecule has 0 spiro atoms. The molecule has 0 aliphatic carbocycles. The van der Waals surface area contributed by atoms with Crippen molar-refractivity contribution >= 4 is 17.7 Å². The number of rotatable bonds is 4. The molecule has 0 bridgehead atoms. The van der Waals surface area contributed by atoms with Crippen LogP contribution in [0, 0.1) is 12.7 Å². The van der Waals surface area contributed by atoms with Crippen LogP contribution in [0.25, 0.3) is 6.08 Å². The van der Waals surface area contributed by atoms with Crippen molar-refractivity contribution in [1.82, 2.24) is 15.0 Å². The molecule has 124 valence electrons. The minimum absolute atomic E-state index is 0.230. The number of allylic oxidation sites excluding steroid dienone is 1. The van der Waals surface area contributed by atoms with E-state index >= 15 is 0 Å². The van der Waals surface area contributed by atoms with Gasteiger partial charge in [0.05, 0.1) is 19.4 Å². The number of carbonyl (C=O) groups is 1. The number of nitrogens with zero attached hydrogens (tertiary/aromatic N) is 4. The Balaban J connectivity index is 1.77. The first-order valence-corrected chi connectivity index (χ1v) is 7.64. The van der Waals surface area contributed by atoms with E-state index in [2.05, 4.69) is 15.0 Å². The Morgan fingerprint density at radius 3 is 2.75 bits per heavy atom. The lowest BCUT2D eigenvalue weighted by molar-refractivity contribution is 0.104. The Kier molecular flexibility index (Phi) is 4.90. The molecule has 3 rings (SSSR count). The van der Waals surface area contributed by atoms with Gasteiger partial charge in [0.15, 0.2) is 17.5 Å². The zero-order valence-electron chi connectivity index (χ0n) is 13.3. The fourth-order valence-electron chi connectivity index (χ4n) is 2.30. The number of ether oxygens (including phenoxy) is 1. The maximum atomic E-state index is 13.9. The van der Waals surface area contributed by atoms with Crippen molar-refractivity contribution in [2.75, 3.05) is 31.2 Å². The first-order chi connectivity index (χ1) is 11.6. The van der Waals surface area contributed by atoms with Crippen LogP contribution < -0.4 is 4.90 Å². The molecule has 1 aliphatic heterocycles. The third-order valence-corrected chi connectivity index (χ3v) is 3.60. The molecule has 2 aromatic rings. The number of pyridine rings is 1. The number of ketones is 1. The zero-order chi connectivity index (χ0) is 16.9. The Morgan fingerprint density at radius 1 is 1.25 bits per heavy atom. The molecular weight excluding hydrogens is 311 g/mol. The number of anilines is 1. The minimum atomic E-state index is -0.486. The van der Waals surface area contributed by atoms with Crippen molar-refractivity contribution in [1.29, 1.82) is 0 Å². The highest BCUT2D eigenvalue weighted by molar-refractivity contribution is 6.05. The number of hydrogen-bond acceptors (Lipinski definition) is 6. The highest BCUT2D eigenvalue weighted by atomic mass is 19.1. The van der Waals surface area contributed by atoms with Gasteiger partial charge in [0, 0.05) is 19.3 Å². The molecule has 24 heavy (non-hydrogen) atoms. The molecule has 0 radical (unpaired) electrons. The van der Waals surface area contributed by atoms with Gasteiger partial charge in [0.2, 0.25) is 5.78 Å². The van der Waals surface area contributed by atoms with Gasteiger partial charge in [-0.15, -0.1) is 0 Å². The number of hydrogen-bond donors (Lipinski definition) is 0. The normalized spacial score (nSPS) is 15.0. The average Bonchev–Trinajstić information content (AvgIpc) is 2.62. The summed E-state index contributed by atoms with van der Waals surface area (Å²) in [5.41, 5.74) is 1.32. The minimum Gasteiger partial charge on any atom is -0.378 e. The van der Waals surface area contributed by atoms with Gasteiger partial charge in [-0.05, 0) is 30.7 Å². The molecule has 1 saturated heterocycles. The molecule has 0 N–H and O–H groups in total. The van der Waals surface area contributed by atoms with E-state index in [1.54, 1.807) is 17.2 Å². The summed E-state index contributed by atoms with van der Waals surface area (Å²) in [6.45, 7) is 4.11. The Labute approximate surface area is 139 Å². The largest absolute Gasteiger partial charge is 0.378 e. The van der Waals surface area contributed by atoms with Gasteiger partial charge < -0.3 is 9.64 Å². The van der Waals surface area contributed by atoms with Crippen molar-refractivity contribution in [2.45, 2.75) is 6.92 Å². The molecule has 3 heterocycles. The van der Waals surface area contributed by atoms with Crippen LogP contribution in [0.3, 0.4) is 0 Å². The Morgan fingerprint density at radius 2 is 2.04 bits per heavy atom. The van der Waals surface area contributed by atoms with Crippen LogP contribution >= 0.6 is 0 Å². The summed E-state index contributed by atoms with van der Waals surface area (Å²) in [6, 6.07) is 3.48. The van der Waals surface area contributed by atoms with E-state index in [-0.39, 0.29) is 17.4 Å². The molecule has 0 unspecified atom stereocenters. The predicted octanol–water partition coefficient (Wildman–Crippen LogP) is 2.05. The van der Waals surface area contributed by atoms with E-state index in [9.17, 15) is 9.18 Å². The second-order valence-corrected chi connectivity index (χ2v) is 5.42. The number of morpholine rings is 1. The first-order valence-electron chi connectivity index (χ1n) is 7.64. The van der Waals surface area contributed by atoms with Gasteiger partial charge in [0.25, 0.3) is 0 Å². The standard InChI is InChI=1S/C17H17FN4O2/c1-12-2-3-14(19-10-12)15(23)4-5-16-20-11-13(18)17(21-16)22-6-8-24-9-7-22/h2-5,10-11H,6-9H2,1H3/b5-4+. The van der Waals surface area contributed by atoms with Crippen molar-refractivity contribution in [2.24, 2.45) is 0 Å². The lowest BCUT2D eigenvalue weighted by atomic mass is 10.2. The summed E-state index contributed by atoms with van der Waals surface area (Å²) < 4.78 is 19.2. The van der Waals surface area contributed by atoms with Gasteiger partial charge in [-0.1, -0.05) is 6.07 Å². The number of carbonyl (C=O) groups excluding carboxylic acids is 1. The van der Waals surface area contributed by atoms with Crippen LogP contribution in [0.2, 0.25) is 0 Å². The molecule has 2 aromatic heterocycles. The third kappa shape index (κ3) is 3.80. The predicted molar refractivity (Wildman–Crippen MR) is 87.4 cm³/mol. The Bertz CT molecular complexity index is 756. The van der Waals surface area contributed by atoms with E-state index in [0.717, 1.165) is 11.8 Å². The fraction of sp³-hybridized carbons (Fsp3) is 0.294. The number of halogens is 1. The average molecular weight is 328 g/mol. The SMILES string of the molecule is Cc1ccc(C(=O)/C=C/c2ncc(F)c(N3CCOCC3)n2)nc1. The van der Waals surface area contributed by atoms with E-state index in [4.69, 9.17) is 4.74 Å². The fourth-order valence-corrected chi connectivity index (χ4v) is 2.30. The molecule has 0 aromatic carbocycles. The van der Waals surface area contributed by atoms with Gasteiger partial charge in [-0.2, -0.15) is 0 Å². The summed E-state index contributed by atoms with van der Waals surface area (Å²) in [5.74, 6) is -0.233. The van der Waals surface area contributed by atoms with Gasteiger partial charge >= 0.3 is 0 Å². The van der Waals surface area contributed by atoms with Crippen LogP contribution in [0.15, 0.2) is 30.6 Å². The summed E-state index contributed by atoms with van der Waals surface area (Å²) in [4.78, 5) is 26.1. The number of aryl methyl sites for hydroxylation is 1. The monoisotopic (exact) mass is 328 g/mol. The lowest BCUT2D eigenvalue weighted by Gasteiger charge is -2.27. The maximum Gasteiger partial charge on any atom is 0.204 e. The topological polar surface area (TPSA) is 68.2 Å². The van der Waals surface area contributed by atoms with Crippen molar-refractivity contribution in [3.8, 4) is 0 Å². The van der Waals surface area contributed by atoms with Crippen molar-refractivity contribution in [3.05, 3.63) is 53.5 Å². The molecule has 0 amide bonds. The van der Waals surface area contributed by atoms with Crippen molar-refractivity contribution < 1.29 is 13.9 Å². The van der Waals surface area contributed by atoms with Crippen LogP contribution in [0.1, 0.15) is 21.9 Å². The van der Waals surface area contributed by atoms with Gasteiger partial charge in [0.1, 0.15) is 5.69 Å². The highest BCUT2D eigenvalue weighted by Gasteiger charge is 2.17. The second-order valence-electron chi connectivity index (χ2n) is 5.42. The smallest absolute Gasteiger partial charge is 0.204 e. The van der Waals surface area contributed by atoms with Crippen LogP contribution in [0.4, 0.5) is 10.2 Å². The molecule has 7 heteroatoms. The summed E-state index contributed by atoms with van der Waals surface area (Å²) in [5, 5.41) is 0. The van der Waals surface area contributed by atoms with E-state index in [1.807, 2.05) is 13.0 Å². The van der Waals surface area contributed by atoms with Crippen molar-refractivity contribution in [3.63, 3.8) is 0 Å².